The summed E-state index contributed by atoms with van der Waals surface area (Å²) in [6, 6.07) is 10.1. The van der Waals surface area contributed by atoms with Gasteiger partial charge in [0.15, 0.2) is 0 Å². The summed E-state index contributed by atoms with van der Waals surface area (Å²) < 4.78 is 5.23. The molecule has 1 aliphatic carbocycles. The third-order valence-electron chi connectivity index (χ3n) is 4.47. The molecule has 0 spiro atoms. The first kappa shape index (κ1) is 18.5. The molecule has 2 amide bonds. The Balaban J connectivity index is 1.77. The Morgan fingerprint density at radius 1 is 0.962 bits per heavy atom. The summed E-state index contributed by atoms with van der Waals surface area (Å²) in [6.07, 6.45) is 0.973. The van der Waals surface area contributed by atoms with Crippen LogP contribution in [0.5, 0.6) is 5.75 Å². The van der Waals surface area contributed by atoms with E-state index in [2.05, 4.69) is 10.6 Å². The van der Waals surface area contributed by atoms with Gasteiger partial charge in [-0.2, -0.15) is 0 Å². The number of nitrogens with one attached hydrogen (secondary N) is 2. The van der Waals surface area contributed by atoms with Crippen molar-refractivity contribution in [1.29, 1.82) is 0 Å². The second-order valence-corrected chi connectivity index (χ2v) is 7.17. The lowest BCUT2D eigenvalue weighted by Crippen LogP contribution is -2.35. The number of hydrogen-bond donors (Lipinski definition) is 2. The van der Waals surface area contributed by atoms with Gasteiger partial charge in [0.05, 0.1) is 12.8 Å². The third-order valence-corrected chi connectivity index (χ3v) is 4.94. The third kappa shape index (κ3) is 3.64. The molecule has 3 rings (SSSR count). The quantitative estimate of drug-likeness (QED) is 0.726. The van der Waals surface area contributed by atoms with Gasteiger partial charge in [0.2, 0.25) is 11.8 Å². The molecule has 0 atom stereocenters. The number of rotatable bonds is 5. The minimum absolute atomic E-state index is 0.332. The number of halogens is 2. The van der Waals surface area contributed by atoms with Crippen LogP contribution >= 0.6 is 23.2 Å². The van der Waals surface area contributed by atoms with Crippen LogP contribution < -0.4 is 15.4 Å². The van der Waals surface area contributed by atoms with E-state index in [0.717, 1.165) is 5.56 Å². The summed E-state index contributed by atoms with van der Waals surface area (Å²) >= 11 is 11.9. The molecular weight excluding hydrogens is 375 g/mol. The van der Waals surface area contributed by atoms with Crippen LogP contribution in [-0.2, 0) is 9.59 Å². The van der Waals surface area contributed by atoms with E-state index in [4.69, 9.17) is 27.9 Å². The van der Waals surface area contributed by atoms with Gasteiger partial charge in [-0.3, -0.25) is 9.59 Å². The first-order chi connectivity index (χ1) is 12.4. The number of hydrogen-bond acceptors (Lipinski definition) is 3. The van der Waals surface area contributed by atoms with Gasteiger partial charge in [0.25, 0.3) is 0 Å². The molecule has 0 unspecified atom stereocenters. The van der Waals surface area contributed by atoms with Crippen LogP contribution in [0.1, 0.15) is 18.4 Å². The van der Waals surface area contributed by atoms with Crippen LogP contribution in [0.2, 0.25) is 10.0 Å². The minimum Gasteiger partial charge on any atom is -0.495 e. The molecule has 0 aliphatic heterocycles. The molecule has 2 aromatic rings. The Labute approximate surface area is 161 Å². The van der Waals surface area contributed by atoms with E-state index in [0.29, 0.717) is 40.0 Å². The molecule has 0 heterocycles. The van der Waals surface area contributed by atoms with E-state index in [1.165, 1.54) is 7.11 Å². The number of anilines is 2. The highest BCUT2D eigenvalue weighted by atomic mass is 35.5. The molecule has 0 saturated heterocycles. The summed E-state index contributed by atoms with van der Waals surface area (Å²) in [7, 11) is 1.50. The normalized spacial score (nSPS) is 14.5. The molecule has 0 aromatic heterocycles. The first-order valence-corrected chi connectivity index (χ1v) is 8.84. The molecular formula is C19H18Cl2N2O3. The van der Waals surface area contributed by atoms with Crippen molar-refractivity contribution in [1.82, 2.24) is 0 Å². The second kappa shape index (κ2) is 7.17. The Morgan fingerprint density at radius 2 is 1.54 bits per heavy atom. The molecule has 1 fully saturated rings. The van der Waals surface area contributed by atoms with Gasteiger partial charge in [-0.05, 0) is 61.7 Å². The van der Waals surface area contributed by atoms with Crippen molar-refractivity contribution in [2.75, 3.05) is 17.7 Å². The Bertz CT molecular complexity index is 879. The van der Waals surface area contributed by atoms with E-state index in [-0.39, 0.29) is 11.8 Å². The molecule has 5 nitrogen and oxygen atoms in total. The van der Waals surface area contributed by atoms with Gasteiger partial charge >= 0.3 is 0 Å². The number of carbonyl (C=O) groups excluding carboxylic acids is 2. The summed E-state index contributed by atoms with van der Waals surface area (Å²) in [5, 5.41) is 6.65. The summed E-state index contributed by atoms with van der Waals surface area (Å²) in [6.45, 7) is 1.85. The molecule has 0 bridgehead atoms. The zero-order valence-electron chi connectivity index (χ0n) is 14.4. The lowest BCUT2D eigenvalue weighted by Gasteiger charge is -2.18. The van der Waals surface area contributed by atoms with Crippen molar-refractivity contribution >= 4 is 46.4 Å². The smallest absolute Gasteiger partial charge is 0.240 e. The molecule has 2 aromatic carbocycles. The molecule has 26 heavy (non-hydrogen) atoms. The standard InChI is InChI=1S/C19H18Cl2N2O3/c1-11-9-12(20)3-5-14(11)22-17(24)19(7-8-19)18(25)23-15-10-13(21)4-6-16(15)26-2/h3-6,9-10H,7-8H2,1-2H3,(H,22,24)(H,23,25). The highest BCUT2D eigenvalue weighted by Crippen LogP contribution is 2.48. The number of benzene rings is 2. The SMILES string of the molecule is COc1ccc(Cl)cc1NC(=O)C1(C(=O)Nc2ccc(Cl)cc2C)CC1. The van der Waals surface area contributed by atoms with Crippen LogP contribution in [0, 0.1) is 12.3 Å². The maximum atomic E-state index is 12.8. The van der Waals surface area contributed by atoms with E-state index in [1.54, 1.807) is 36.4 Å². The highest BCUT2D eigenvalue weighted by Gasteiger charge is 2.56. The van der Waals surface area contributed by atoms with Gasteiger partial charge in [-0.1, -0.05) is 23.2 Å². The largest absolute Gasteiger partial charge is 0.495 e. The van der Waals surface area contributed by atoms with E-state index < -0.39 is 5.41 Å². The van der Waals surface area contributed by atoms with Gasteiger partial charge in [0, 0.05) is 15.7 Å². The number of ether oxygens (including phenoxy) is 1. The first-order valence-electron chi connectivity index (χ1n) is 8.08. The number of aryl methyl sites for hydroxylation is 1. The van der Waals surface area contributed by atoms with Gasteiger partial charge in [-0.25, -0.2) is 0 Å². The van der Waals surface area contributed by atoms with Crippen molar-refractivity contribution in [3.63, 3.8) is 0 Å². The van der Waals surface area contributed by atoms with Crippen LogP contribution in [0.3, 0.4) is 0 Å². The van der Waals surface area contributed by atoms with Crippen LogP contribution in [-0.4, -0.2) is 18.9 Å². The van der Waals surface area contributed by atoms with Crippen LogP contribution in [0.25, 0.3) is 0 Å². The predicted octanol–water partition coefficient (Wildman–Crippen LogP) is 4.67. The van der Waals surface area contributed by atoms with E-state index in [1.807, 2.05) is 6.92 Å². The van der Waals surface area contributed by atoms with Crippen molar-refractivity contribution in [3.05, 3.63) is 52.0 Å². The Hall–Kier alpha value is -2.24. The Kier molecular flexibility index (Phi) is 5.12. The van der Waals surface area contributed by atoms with Gasteiger partial charge < -0.3 is 15.4 Å². The van der Waals surface area contributed by atoms with Crippen molar-refractivity contribution in [3.8, 4) is 5.75 Å². The number of carbonyl (C=O) groups is 2. The molecule has 136 valence electrons. The second-order valence-electron chi connectivity index (χ2n) is 6.29. The fourth-order valence-corrected chi connectivity index (χ4v) is 3.11. The maximum absolute atomic E-state index is 12.8. The zero-order valence-corrected chi connectivity index (χ0v) is 15.9. The lowest BCUT2D eigenvalue weighted by atomic mass is 10.0. The predicted molar refractivity (Wildman–Crippen MR) is 103 cm³/mol. The van der Waals surface area contributed by atoms with Crippen LogP contribution in [0.15, 0.2) is 36.4 Å². The van der Waals surface area contributed by atoms with E-state index in [9.17, 15) is 9.59 Å². The summed E-state index contributed by atoms with van der Waals surface area (Å²) in [5.41, 5.74) is 0.823. The molecule has 1 aliphatic rings. The van der Waals surface area contributed by atoms with Crippen molar-refractivity contribution in [2.24, 2.45) is 5.41 Å². The molecule has 2 N–H and O–H groups in total. The molecule has 7 heteroatoms. The average Bonchev–Trinajstić information content (AvgIpc) is 3.39. The fraction of sp³-hybridized carbons (Fsp3) is 0.263. The summed E-state index contributed by atoms with van der Waals surface area (Å²) in [5.74, 6) is -0.226. The number of amides is 2. The van der Waals surface area contributed by atoms with Crippen LogP contribution in [0.4, 0.5) is 11.4 Å². The van der Waals surface area contributed by atoms with E-state index >= 15 is 0 Å². The molecule has 1 saturated carbocycles. The maximum Gasteiger partial charge on any atom is 0.240 e. The average molecular weight is 393 g/mol. The van der Waals surface area contributed by atoms with Crippen molar-refractivity contribution < 1.29 is 14.3 Å². The molecule has 0 radical (unpaired) electrons. The Morgan fingerprint density at radius 3 is 2.12 bits per heavy atom. The zero-order chi connectivity index (χ0) is 18.9. The monoisotopic (exact) mass is 392 g/mol. The van der Waals surface area contributed by atoms with Crippen molar-refractivity contribution in [2.45, 2.75) is 19.8 Å². The number of methoxy groups -OCH3 is 1. The fourth-order valence-electron chi connectivity index (χ4n) is 2.71. The minimum atomic E-state index is -1.08. The lowest BCUT2D eigenvalue weighted by molar-refractivity contribution is -0.131. The highest BCUT2D eigenvalue weighted by molar-refractivity contribution is 6.31. The van der Waals surface area contributed by atoms with Gasteiger partial charge in [-0.15, -0.1) is 0 Å². The van der Waals surface area contributed by atoms with Gasteiger partial charge in [0.1, 0.15) is 11.2 Å². The summed E-state index contributed by atoms with van der Waals surface area (Å²) in [4.78, 5) is 25.5. The topological polar surface area (TPSA) is 67.4 Å².